The van der Waals surface area contributed by atoms with Crippen LogP contribution < -0.4 is 5.32 Å². The smallest absolute Gasteiger partial charge is 0.134 e. The molecule has 0 aromatic carbocycles. The van der Waals surface area contributed by atoms with Crippen LogP contribution in [-0.4, -0.2) is 34.6 Å². The van der Waals surface area contributed by atoms with E-state index in [0.717, 1.165) is 29.7 Å². The molecule has 0 bridgehead atoms. The maximum absolute atomic E-state index is 4.21. The predicted molar refractivity (Wildman–Crippen MR) is 72.4 cm³/mol. The van der Waals surface area contributed by atoms with Crippen LogP contribution in [0, 0.1) is 5.92 Å². The summed E-state index contributed by atoms with van der Waals surface area (Å²) in [7, 11) is 2.19. The van der Waals surface area contributed by atoms with Crippen LogP contribution >= 0.6 is 11.5 Å². The lowest BCUT2D eigenvalue weighted by atomic mass is 10.1. The number of nitrogens with one attached hydrogen (secondary N) is 1. The fraction of sp³-hybridized carbons (Fsp3) is 0.833. The second-order valence-electron chi connectivity index (χ2n) is 4.93. The molecule has 0 radical (unpaired) electrons. The topological polar surface area (TPSA) is 41.1 Å². The van der Waals surface area contributed by atoms with Gasteiger partial charge in [0.2, 0.25) is 0 Å². The molecular formula is C12H22N4S. The van der Waals surface area contributed by atoms with Crippen LogP contribution in [0.1, 0.15) is 38.3 Å². The molecule has 1 aromatic rings. The van der Waals surface area contributed by atoms with E-state index in [1.807, 2.05) is 0 Å². The molecule has 0 saturated heterocycles. The van der Waals surface area contributed by atoms with Crippen molar-refractivity contribution in [1.29, 1.82) is 0 Å². The fourth-order valence-corrected chi connectivity index (χ4v) is 3.20. The molecule has 0 atom stereocenters. The maximum Gasteiger partial charge on any atom is 0.134 e. The van der Waals surface area contributed by atoms with Crippen LogP contribution in [0.4, 0.5) is 5.00 Å². The van der Waals surface area contributed by atoms with Crippen molar-refractivity contribution in [3.05, 3.63) is 5.69 Å². The third kappa shape index (κ3) is 3.64. The summed E-state index contributed by atoms with van der Waals surface area (Å²) in [5, 5.41) is 8.67. The number of aromatic nitrogens is 2. The Bertz CT molecular complexity index is 333. The van der Waals surface area contributed by atoms with E-state index < -0.39 is 0 Å². The first-order valence-corrected chi connectivity index (χ1v) is 7.30. The summed E-state index contributed by atoms with van der Waals surface area (Å²) in [4.78, 5) is 2.38. The summed E-state index contributed by atoms with van der Waals surface area (Å²) in [6.45, 7) is 5.15. The molecule has 0 aliphatic heterocycles. The van der Waals surface area contributed by atoms with Crippen molar-refractivity contribution >= 4 is 16.5 Å². The second kappa shape index (κ2) is 6.31. The van der Waals surface area contributed by atoms with Crippen molar-refractivity contribution in [2.45, 2.75) is 39.2 Å². The summed E-state index contributed by atoms with van der Waals surface area (Å²) in [5.41, 5.74) is 1.09. The molecular weight excluding hydrogens is 232 g/mol. The Morgan fingerprint density at radius 2 is 2.18 bits per heavy atom. The van der Waals surface area contributed by atoms with Crippen molar-refractivity contribution in [2.24, 2.45) is 5.92 Å². The van der Waals surface area contributed by atoms with Gasteiger partial charge in [0.25, 0.3) is 0 Å². The van der Waals surface area contributed by atoms with Crippen molar-refractivity contribution in [1.82, 2.24) is 14.5 Å². The first-order chi connectivity index (χ1) is 8.29. The first kappa shape index (κ1) is 12.8. The van der Waals surface area contributed by atoms with E-state index in [9.17, 15) is 0 Å². The van der Waals surface area contributed by atoms with Crippen LogP contribution in [0.3, 0.4) is 0 Å². The van der Waals surface area contributed by atoms with Gasteiger partial charge in [0.1, 0.15) is 10.7 Å². The molecule has 2 rings (SSSR count). The van der Waals surface area contributed by atoms with Gasteiger partial charge in [-0.15, -0.1) is 5.10 Å². The minimum atomic E-state index is 0.897. The van der Waals surface area contributed by atoms with Crippen LogP contribution in [0.5, 0.6) is 0 Å². The Hall–Kier alpha value is -0.680. The van der Waals surface area contributed by atoms with E-state index in [4.69, 9.17) is 0 Å². The van der Waals surface area contributed by atoms with Gasteiger partial charge in [0.15, 0.2) is 0 Å². The molecule has 1 saturated carbocycles. The molecule has 0 amide bonds. The highest BCUT2D eigenvalue weighted by atomic mass is 32.1. The molecule has 96 valence electrons. The number of hydrogen-bond donors (Lipinski definition) is 1. The standard InChI is InChI=1S/C12H22N4S/c1-3-13-12-11(14-15-17-12)9-16(2)8-10-6-4-5-7-10/h10,13H,3-9H2,1-2H3. The molecule has 1 aliphatic carbocycles. The van der Waals surface area contributed by atoms with Gasteiger partial charge in [-0.2, -0.15) is 0 Å². The molecule has 1 aliphatic rings. The quantitative estimate of drug-likeness (QED) is 0.847. The largest absolute Gasteiger partial charge is 0.374 e. The number of anilines is 1. The van der Waals surface area contributed by atoms with Gasteiger partial charge in [0.05, 0.1) is 0 Å². The molecule has 1 N–H and O–H groups in total. The molecule has 1 aromatic heterocycles. The lowest BCUT2D eigenvalue weighted by Gasteiger charge is -2.19. The van der Waals surface area contributed by atoms with Crippen molar-refractivity contribution < 1.29 is 0 Å². The molecule has 17 heavy (non-hydrogen) atoms. The molecule has 4 nitrogen and oxygen atoms in total. The molecule has 0 unspecified atom stereocenters. The highest BCUT2D eigenvalue weighted by Gasteiger charge is 2.18. The van der Waals surface area contributed by atoms with E-state index in [1.165, 1.54) is 43.8 Å². The minimum Gasteiger partial charge on any atom is -0.374 e. The molecule has 1 fully saturated rings. The number of hydrogen-bond acceptors (Lipinski definition) is 5. The van der Waals surface area contributed by atoms with Crippen molar-refractivity contribution in [3.63, 3.8) is 0 Å². The number of rotatable bonds is 6. The van der Waals surface area contributed by atoms with E-state index in [1.54, 1.807) is 0 Å². The van der Waals surface area contributed by atoms with Gasteiger partial charge in [-0.05, 0) is 32.7 Å². The van der Waals surface area contributed by atoms with Crippen LogP contribution in [0.2, 0.25) is 0 Å². The predicted octanol–water partition coefficient (Wildman–Crippen LogP) is 2.59. The normalized spacial score (nSPS) is 16.9. The highest BCUT2D eigenvalue weighted by molar-refractivity contribution is 7.10. The third-order valence-corrected chi connectivity index (χ3v) is 4.08. The van der Waals surface area contributed by atoms with E-state index in [-0.39, 0.29) is 0 Å². The average molecular weight is 254 g/mol. The summed E-state index contributed by atoms with van der Waals surface area (Å²) in [6, 6.07) is 0. The van der Waals surface area contributed by atoms with Crippen molar-refractivity contribution in [3.8, 4) is 0 Å². The summed E-state index contributed by atoms with van der Waals surface area (Å²) in [5.74, 6) is 0.897. The monoisotopic (exact) mass is 254 g/mol. The minimum absolute atomic E-state index is 0.897. The van der Waals surface area contributed by atoms with Gasteiger partial charge in [-0.1, -0.05) is 17.3 Å². The Balaban J connectivity index is 1.83. The summed E-state index contributed by atoms with van der Waals surface area (Å²) >= 11 is 1.46. The second-order valence-corrected chi connectivity index (χ2v) is 5.68. The lowest BCUT2D eigenvalue weighted by Crippen LogP contribution is -2.24. The zero-order valence-electron chi connectivity index (χ0n) is 10.8. The van der Waals surface area contributed by atoms with E-state index >= 15 is 0 Å². The van der Waals surface area contributed by atoms with Crippen LogP contribution in [0.25, 0.3) is 0 Å². The Kier molecular flexibility index (Phi) is 4.74. The fourth-order valence-electron chi connectivity index (χ4n) is 2.56. The Morgan fingerprint density at radius 3 is 2.88 bits per heavy atom. The van der Waals surface area contributed by atoms with Gasteiger partial charge in [-0.3, -0.25) is 0 Å². The molecule has 5 heteroatoms. The summed E-state index contributed by atoms with van der Waals surface area (Å²) in [6.07, 6.45) is 5.64. The Labute approximate surface area is 108 Å². The van der Waals surface area contributed by atoms with Crippen LogP contribution in [0.15, 0.2) is 0 Å². The Morgan fingerprint density at radius 1 is 1.41 bits per heavy atom. The molecule has 1 heterocycles. The van der Waals surface area contributed by atoms with Gasteiger partial charge < -0.3 is 10.2 Å². The summed E-state index contributed by atoms with van der Waals surface area (Å²) < 4.78 is 4.03. The average Bonchev–Trinajstić information content (AvgIpc) is 2.92. The number of nitrogens with zero attached hydrogens (tertiary/aromatic N) is 3. The van der Waals surface area contributed by atoms with Gasteiger partial charge in [0, 0.05) is 31.2 Å². The molecule has 0 spiro atoms. The first-order valence-electron chi connectivity index (χ1n) is 6.53. The van der Waals surface area contributed by atoms with E-state index in [0.29, 0.717) is 0 Å². The maximum atomic E-state index is 4.21. The third-order valence-electron chi connectivity index (χ3n) is 3.36. The van der Waals surface area contributed by atoms with Gasteiger partial charge >= 0.3 is 0 Å². The van der Waals surface area contributed by atoms with E-state index in [2.05, 4.69) is 33.8 Å². The SMILES string of the molecule is CCNc1snnc1CN(C)CC1CCCC1. The zero-order chi connectivity index (χ0) is 12.1. The highest BCUT2D eigenvalue weighted by Crippen LogP contribution is 2.26. The van der Waals surface area contributed by atoms with Gasteiger partial charge in [-0.25, -0.2) is 0 Å². The zero-order valence-corrected chi connectivity index (χ0v) is 11.6. The van der Waals surface area contributed by atoms with Crippen molar-refractivity contribution in [2.75, 3.05) is 25.5 Å². The lowest BCUT2D eigenvalue weighted by molar-refractivity contribution is 0.269. The van der Waals surface area contributed by atoms with Crippen LogP contribution in [-0.2, 0) is 6.54 Å².